The number of H-pyrrole nitrogens is 1. The number of amides is 1. The zero-order chi connectivity index (χ0) is 19.7. The topological polar surface area (TPSA) is 49.0 Å². The third-order valence-electron chi connectivity index (χ3n) is 4.82. The van der Waals surface area contributed by atoms with E-state index in [1.54, 1.807) is 23.7 Å². The molecule has 2 aromatic heterocycles. The maximum atomic E-state index is 13.2. The standard InChI is InChI=1S/C20H18F3N3OS/c21-20(22,23)15-6-2-1-5-13(15)10-18-25-17(12-28-18)14-9-16(24-11-14)19(27)26-7-3-4-8-26/h1-2,5-6,9,11-12,24H,3-4,7-8,10H2. The minimum atomic E-state index is -4.39. The Hall–Kier alpha value is -2.61. The molecule has 1 aliphatic rings. The highest BCUT2D eigenvalue weighted by atomic mass is 32.1. The maximum Gasteiger partial charge on any atom is 0.416 e. The van der Waals surface area contributed by atoms with Crippen molar-refractivity contribution in [2.75, 3.05) is 13.1 Å². The number of halogens is 3. The number of nitrogens with zero attached hydrogens (tertiary/aromatic N) is 2. The molecule has 0 atom stereocenters. The molecular formula is C20H18F3N3OS. The summed E-state index contributed by atoms with van der Waals surface area (Å²) >= 11 is 1.31. The average molecular weight is 405 g/mol. The molecule has 1 aliphatic heterocycles. The fourth-order valence-corrected chi connectivity index (χ4v) is 4.22. The smallest absolute Gasteiger partial charge is 0.357 e. The average Bonchev–Trinajstić information content (AvgIpc) is 3.41. The molecule has 0 radical (unpaired) electrons. The Morgan fingerprint density at radius 1 is 1.21 bits per heavy atom. The molecule has 3 aromatic rings. The summed E-state index contributed by atoms with van der Waals surface area (Å²) in [7, 11) is 0. The highest BCUT2D eigenvalue weighted by molar-refractivity contribution is 7.10. The summed E-state index contributed by atoms with van der Waals surface area (Å²) in [6.07, 6.45) is -0.513. The molecule has 0 unspecified atom stereocenters. The van der Waals surface area contributed by atoms with E-state index in [0.29, 0.717) is 16.4 Å². The van der Waals surface area contributed by atoms with Crippen LogP contribution in [0.3, 0.4) is 0 Å². The zero-order valence-corrected chi connectivity index (χ0v) is 15.7. The molecule has 0 aliphatic carbocycles. The van der Waals surface area contributed by atoms with Gasteiger partial charge in [-0.15, -0.1) is 11.3 Å². The predicted octanol–water partition coefficient (Wildman–Crippen LogP) is 4.98. The molecule has 8 heteroatoms. The molecule has 146 valence electrons. The second-order valence-electron chi connectivity index (χ2n) is 6.76. The summed E-state index contributed by atoms with van der Waals surface area (Å²) in [5.41, 5.74) is 1.49. The molecule has 0 spiro atoms. The lowest BCUT2D eigenvalue weighted by atomic mass is 10.0. The summed E-state index contributed by atoms with van der Waals surface area (Å²) in [5, 5.41) is 2.40. The van der Waals surface area contributed by atoms with Crippen molar-refractivity contribution < 1.29 is 18.0 Å². The SMILES string of the molecule is O=C(c1cc(-c2csc(Cc3ccccc3C(F)(F)F)n2)c[nH]1)N1CCCC1. The van der Waals surface area contributed by atoms with Gasteiger partial charge in [-0.25, -0.2) is 4.98 Å². The monoisotopic (exact) mass is 405 g/mol. The van der Waals surface area contributed by atoms with E-state index < -0.39 is 11.7 Å². The van der Waals surface area contributed by atoms with Gasteiger partial charge < -0.3 is 9.88 Å². The summed E-state index contributed by atoms with van der Waals surface area (Å²) in [6.45, 7) is 1.54. The molecule has 28 heavy (non-hydrogen) atoms. The molecule has 0 bridgehead atoms. The Morgan fingerprint density at radius 2 is 1.96 bits per heavy atom. The number of likely N-dealkylation sites (tertiary alicyclic amines) is 1. The largest absolute Gasteiger partial charge is 0.416 e. The van der Waals surface area contributed by atoms with Gasteiger partial charge in [0.1, 0.15) is 5.69 Å². The van der Waals surface area contributed by atoms with Crippen LogP contribution in [0.25, 0.3) is 11.3 Å². The van der Waals surface area contributed by atoms with E-state index in [-0.39, 0.29) is 17.9 Å². The Kier molecular flexibility index (Phi) is 4.97. The van der Waals surface area contributed by atoms with Crippen molar-refractivity contribution in [3.05, 3.63) is 63.7 Å². The van der Waals surface area contributed by atoms with E-state index in [4.69, 9.17) is 0 Å². The van der Waals surface area contributed by atoms with Crippen LogP contribution in [0.5, 0.6) is 0 Å². The number of hydrogen-bond donors (Lipinski definition) is 1. The quantitative estimate of drug-likeness (QED) is 0.665. The van der Waals surface area contributed by atoms with Gasteiger partial charge in [-0.2, -0.15) is 13.2 Å². The lowest BCUT2D eigenvalue weighted by molar-refractivity contribution is -0.138. The molecule has 4 nitrogen and oxygen atoms in total. The van der Waals surface area contributed by atoms with E-state index in [0.717, 1.165) is 37.6 Å². The lowest BCUT2D eigenvalue weighted by Gasteiger charge is -2.13. The van der Waals surface area contributed by atoms with Crippen LogP contribution < -0.4 is 0 Å². The van der Waals surface area contributed by atoms with Crippen LogP contribution in [0.4, 0.5) is 13.2 Å². The fourth-order valence-electron chi connectivity index (χ4n) is 3.39. The van der Waals surface area contributed by atoms with Gasteiger partial charge in [-0.3, -0.25) is 4.79 Å². The minimum absolute atomic E-state index is 0.0293. The number of aromatic amines is 1. The van der Waals surface area contributed by atoms with Crippen molar-refractivity contribution in [3.63, 3.8) is 0 Å². The minimum Gasteiger partial charge on any atom is -0.357 e. The summed E-state index contributed by atoms with van der Waals surface area (Å²) in [5.74, 6) is -0.0293. The fraction of sp³-hybridized carbons (Fsp3) is 0.300. The second-order valence-corrected chi connectivity index (χ2v) is 7.70. The number of thiazole rings is 1. The first kappa shape index (κ1) is 18.7. The molecule has 1 N–H and O–H groups in total. The zero-order valence-electron chi connectivity index (χ0n) is 14.9. The summed E-state index contributed by atoms with van der Waals surface area (Å²) in [6, 6.07) is 7.31. The van der Waals surface area contributed by atoms with Gasteiger partial charge in [0.2, 0.25) is 0 Å². The van der Waals surface area contributed by atoms with Gasteiger partial charge in [-0.1, -0.05) is 18.2 Å². The van der Waals surface area contributed by atoms with Gasteiger partial charge in [0.15, 0.2) is 0 Å². The first-order valence-corrected chi connectivity index (χ1v) is 9.87. The molecule has 3 heterocycles. The molecule has 1 saturated heterocycles. The normalized spacial score (nSPS) is 14.6. The Morgan fingerprint density at radius 3 is 2.71 bits per heavy atom. The van der Waals surface area contributed by atoms with Crippen LogP contribution in [0.15, 0.2) is 41.9 Å². The van der Waals surface area contributed by atoms with E-state index >= 15 is 0 Å². The maximum absolute atomic E-state index is 13.2. The van der Waals surface area contributed by atoms with Crippen molar-refractivity contribution in [2.45, 2.75) is 25.4 Å². The van der Waals surface area contributed by atoms with E-state index in [2.05, 4.69) is 9.97 Å². The first-order valence-electron chi connectivity index (χ1n) is 8.99. The summed E-state index contributed by atoms with van der Waals surface area (Å²) < 4.78 is 39.5. The van der Waals surface area contributed by atoms with E-state index in [9.17, 15) is 18.0 Å². The second kappa shape index (κ2) is 7.43. The third-order valence-corrected chi connectivity index (χ3v) is 5.67. The number of carbonyl (C=O) groups is 1. The molecule has 0 saturated carbocycles. The van der Waals surface area contributed by atoms with E-state index in [1.807, 2.05) is 4.90 Å². The van der Waals surface area contributed by atoms with Gasteiger partial charge in [0.05, 0.1) is 16.3 Å². The Bertz CT molecular complexity index is 986. The highest BCUT2D eigenvalue weighted by Gasteiger charge is 2.33. The molecule has 1 aromatic carbocycles. The number of rotatable bonds is 4. The van der Waals surface area contributed by atoms with Crippen LogP contribution in [0, 0.1) is 0 Å². The van der Waals surface area contributed by atoms with Crippen molar-refractivity contribution in [2.24, 2.45) is 0 Å². The van der Waals surface area contributed by atoms with Crippen LogP contribution in [-0.4, -0.2) is 33.9 Å². The van der Waals surface area contributed by atoms with Crippen molar-refractivity contribution in [3.8, 4) is 11.3 Å². The predicted molar refractivity (Wildman–Crippen MR) is 101 cm³/mol. The number of carbonyl (C=O) groups excluding carboxylic acids is 1. The van der Waals surface area contributed by atoms with Gasteiger partial charge in [0.25, 0.3) is 5.91 Å². The number of nitrogens with one attached hydrogen (secondary N) is 1. The molecule has 1 fully saturated rings. The van der Waals surface area contributed by atoms with Crippen LogP contribution in [0.1, 0.15) is 39.5 Å². The van der Waals surface area contributed by atoms with Crippen molar-refractivity contribution in [1.82, 2.24) is 14.9 Å². The first-order chi connectivity index (χ1) is 13.4. The third kappa shape index (κ3) is 3.82. The van der Waals surface area contributed by atoms with Gasteiger partial charge in [-0.05, 0) is 30.5 Å². The van der Waals surface area contributed by atoms with Crippen molar-refractivity contribution >= 4 is 17.2 Å². The van der Waals surface area contributed by atoms with Gasteiger partial charge >= 0.3 is 6.18 Å². The van der Waals surface area contributed by atoms with Crippen LogP contribution in [-0.2, 0) is 12.6 Å². The molecule has 4 rings (SSSR count). The van der Waals surface area contributed by atoms with E-state index in [1.165, 1.54) is 23.5 Å². The number of benzene rings is 1. The molecule has 1 amide bonds. The Balaban J connectivity index is 1.52. The van der Waals surface area contributed by atoms with Crippen molar-refractivity contribution in [1.29, 1.82) is 0 Å². The molecular weight excluding hydrogens is 387 g/mol. The lowest BCUT2D eigenvalue weighted by Crippen LogP contribution is -2.27. The summed E-state index contributed by atoms with van der Waals surface area (Å²) in [4.78, 5) is 21.7. The van der Waals surface area contributed by atoms with Crippen LogP contribution in [0.2, 0.25) is 0 Å². The number of hydrogen-bond acceptors (Lipinski definition) is 3. The number of alkyl halides is 3. The van der Waals surface area contributed by atoms with Crippen LogP contribution >= 0.6 is 11.3 Å². The van der Waals surface area contributed by atoms with Gasteiger partial charge in [0, 0.05) is 36.7 Å². The number of aromatic nitrogens is 2. The Labute approximate surface area is 164 Å². The highest BCUT2D eigenvalue weighted by Crippen LogP contribution is 2.33.